The summed E-state index contributed by atoms with van der Waals surface area (Å²) in [5.74, 6) is 0.000455. The first kappa shape index (κ1) is 18.1. The lowest BCUT2D eigenvalue weighted by molar-refractivity contribution is -0.123. The summed E-state index contributed by atoms with van der Waals surface area (Å²) in [5.41, 5.74) is 0.352. The maximum absolute atomic E-state index is 13.0. The number of carbonyl (C=O) groups excluding carboxylic acids is 1. The van der Waals surface area contributed by atoms with Gasteiger partial charge in [-0.2, -0.15) is 4.31 Å². The molecule has 0 saturated carbocycles. The number of anilines is 1. The number of amides is 1. The molecular weight excluding hydrogens is 364 g/mol. The average Bonchev–Trinajstić information content (AvgIpc) is 3.12. The number of likely N-dealkylation sites (N-methyl/N-ethyl adjacent to an activating group) is 1. The minimum absolute atomic E-state index is 0.000455. The van der Waals surface area contributed by atoms with Crippen molar-refractivity contribution in [2.75, 3.05) is 38.1 Å². The van der Waals surface area contributed by atoms with E-state index in [4.69, 9.17) is 0 Å². The van der Waals surface area contributed by atoms with Crippen molar-refractivity contribution < 1.29 is 13.2 Å². The van der Waals surface area contributed by atoms with Crippen LogP contribution in [-0.2, 0) is 14.8 Å². The van der Waals surface area contributed by atoms with Gasteiger partial charge in [-0.3, -0.25) is 14.7 Å². The second kappa shape index (κ2) is 6.70. The lowest BCUT2D eigenvalue weighted by atomic mass is 9.93. The predicted molar refractivity (Wildman–Crippen MR) is 102 cm³/mol. The van der Waals surface area contributed by atoms with Crippen LogP contribution in [0.3, 0.4) is 0 Å². The molecule has 2 aliphatic heterocycles. The Morgan fingerprint density at radius 1 is 1.07 bits per heavy atom. The molecule has 27 heavy (non-hydrogen) atoms. The van der Waals surface area contributed by atoms with Gasteiger partial charge in [0.05, 0.1) is 28.9 Å². The number of pyridine rings is 1. The maximum atomic E-state index is 13.0. The fourth-order valence-electron chi connectivity index (χ4n) is 3.91. The third kappa shape index (κ3) is 3.13. The van der Waals surface area contributed by atoms with Crippen LogP contribution < -0.4 is 4.90 Å². The summed E-state index contributed by atoms with van der Waals surface area (Å²) in [7, 11) is -1.64. The smallest absolute Gasteiger partial charge is 0.243 e. The number of carbonyl (C=O) groups is 1. The molecule has 0 unspecified atom stereocenters. The normalized spacial score (nSPS) is 24.6. The van der Waals surface area contributed by atoms with Gasteiger partial charge in [0, 0.05) is 25.8 Å². The van der Waals surface area contributed by atoms with E-state index in [1.54, 1.807) is 53.7 Å². The summed E-state index contributed by atoms with van der Waals surface area (Å²) in [6.45, 7) is 1.52. The van der Waals surface area contributed by atoms with Crippen molar-refractivity contribution in [1.82, 2.24) is 14.2 Å². The van der Waals surface area contributed by atoms with Crippen molar-refractivity contribution in [3.63, 3.8) is 0 Å². The first-order chi connectivity index (χ1) is 12.9. The molecule has 2 aliphatic rings. The SMILES string of the molecule is CN1CC(=O)N(c2cccnc2)C[C@@]12CCN(S(=O)(=O)c1ccccc1)C2. The number of nitrogens with zero attached hydrogens (tertiary/aromatic N) is 4. The largest absolute Gasteiger partial charge is 0.308 e. The number of benzene rings is 1. The minimum atomic E-state index is -3.54. The quantitative estimate of drug-likeness (QED) is 0.792. The van der Waals surface area contributed by atoms with Crippen LogP contribution in [0, 0.1) is 0 Å². The predicted octanol–water partition coefficient (Wildman–Crippen LogP) is 1.19. The van der Waals surface area contributed by atoms with Gasteiger partial charge in [-0.15, -0.1) is 0 Å². The van der Waals surface area contributed by atoms with Crippen molar-refractivity contribution in [2.24, 2.45) is 0 Å². The molecule has 142 valence electrons. The Labute approximate surface area is 159 Å². The van der Waals surface area contributed by atoms with Crippen LogP contribution >= 0.6 is 0 Å². The summed E-state index contributed by atoms with van der Waals surface area (Å²) in [4.78, 5) is 20.7. The third-order valence-electron chi connectivity index (χ3n) is 5.57. The van der Waals surface area contributed by atoms with Crippen LogP contribution in [-0.4, -0.2) is 67.3 Å². The van der Waals surface area contributed by atoms with Gasteiger partial charge in [-0.1, -0.05) is 18.2 Å². The zero-order valence-corrected chi connectivity index (χ0v) is 16.0. The number of aromatic nitrogens is 1. The minimum Gasteiger partial charge on any atom is -0.308 e. The summed E-state index contributed by atoms with van der Waals surface area (Å²) < 4.78 is 27.5. The molecule has 2 saturated heterocycles. The molecule has 0 radical (unpaired) electrons. The van der Waals surface area contributed by atoms with Gasteiger partial charge in [0.2, 0.25) is 15.9 Å². The fraction of sp³-hybridized carbons (Fsp3) is 0.368. The fourth-order valence-corrected chi connectivity index (χ4v) is 5.46. The van der Waals surface area contributed by atoms with E-state index in [0.717, 1.165) is 5.69 Å². The first-order valence-corrected chi connectivity index (χ1v) is 10.3. The maximum Gasteiger partial charge on any atom is 0.243 e. The molecular formula is C19H22N4O3S. The van der Waals surface area contributed by atoms with Crippen molar-refractivity contribution in [3.05, 3.63) is 54.9 Å². The summed E-state index contributed by atoms with van der Waals surface area (Å²) >= 11 is 0. The highest BCUT2D eigenvalue weighted by Crippen LogP contribution is 2.35. The molecule has 1 amide bonds. The van der Waals surface area contributed by atoms with E-state index in [0.29, 0.717) is 31.0 Å². The second-order valence-electron chi connectivity index (χ2n) is 7.17. The molecule has 0 bridgehead atoms. The molecule has 1 aromatic heterocycles. The van der Waals surface area contributed by atoms with Gasteiger partial charge in [0.25, 0.3) is 0 Å². The molecule has 2 aromatic rings. The molecule has 0 aliphatic carbocycles. The molecule has 2 fully saturated rings. The number of sulfonamides is 1. The van der Waals surface area contributed by atoms with Crippen LogP contribution in [0.4, 0.5) is 5.69 Å². The van der Waals surface area contributed by atoms with E-state index in [1.807, 2.05) is 18.0 Å². The van der Waals surface area contributed by atoms with Crippen molar-refractivity contribution in [1.29, 1.82) is 0 Å². The van der Waals surface area contributed by atoms with Crippen LogP contribution in [0.15, 0.2) is 59.8 Å². The Hall–Kier alpha value is -2.29. The summed E-state index contributed by atoms with van der Waals surface area (Å²) in [6.07, 6.45) is 4.02. The van der Waals surface area contributed by atoms with Crippen LogP contribution in [0.5, 0.6) is 0 Å². The van der Waals surface area contributed by atoms with E-state index in [1.165, 1.54) is 4.31 Å². The van der Waals surface area contributed by atoms with E-state index in [2.05, 4.69) is 4.98 Å². The molecule has 8 heteroatoms. The van der Waals surface area contributed by atoms with Crippen molar-refractivity contribution >= 4 is 21.6 Å². The van der Waals surface area contributed by atoms with Crippen LogP contribution in [0.2, 0.25) is 0 Å². The van der Waals surface area contributed by atoms with Crippen LogP contribution in [0.25, 0.3) is 0 Å². The van der Waals surface area contributed by atoms with E-state index in [9.17, 15) is 13.2 Å². The van der Waals surface area contributed by atoms with E-state index >= 15 is 0 Å². The van der Waals surface area contributed by atoms with E-state index < -0.39 is 15.6 Å². The molecule has 0 N–H and O–H groups in total. The zero-order valence-electron chi connectivity index (χ0n) is 15.2. The molecule has 3 heterocycles. The Balaban J connectivity index is 1.61. The molecule has 1 aromatic carbocycles. The standard InChI is InChI=1S/C19H22N4O3S/c1-21-13-18(24)23(16-6-5-10-20-12-16)15-19(21)9-11-22(14-19)27(25,26)17-7-3-2-4-8-17/h2-8,10,12H,9,11,13-15H2,1H3/t19-/m0/s1. The highest BCUT2D eigenvalue weighted by atomic mass is 32.2. The monoisotopic (exact) mass is 386 g/mol. The topological polar surface area (TPSA) is 73.8 Å². The highest BCUT2D eigenvalue weighted by Gasteiger charge is 2.50. The molecule has 1 atom stereocenters. The Bertz CT molecular complexity index is 936. The average molecular weight is 386 g/mol. The Morgan fingerprint density at radius 3 is 2.56 bits per heavy atom. The molecule has 4 rings (SSSR count). The van der Waals surface area contributed by atoms with Gasteiger partial charge < -0.3 is 4.90 Å². The van der Waals surface area contributed by atoms with Crippen molar-refractivity contribution in [3.8, 4) is 0 Å². The first-order valence-electron chi connectivity index (χ1n) is 8.89. The van der Waals surface area contributed by atoms with E-state index in [-0.39, 0.29) is 12.5 Å². The van der Waals surface area contributed by atoms with Gasteiger partial charge in [-0.05, 0) is 37.7 Å². The molecule has 1 spiro atoms. The van der Waals surface area contributed by atoms with Crippen molar-refractivity contribution in [2.45, 2.75) is 16.9 Å². The number of hydrogen-bond acceptors (Lipinski definition) is 5. The zero-order chi connectivity index (χ0) is 19.1. The summed E-state index contributed by atoms with van der Waals surface area (Å²) in [6, 6.07) is 12.2. The lowest BCUT2D eigenvalue weighted by Crippen LogP contribution is -2.64. The highest BCUT2D eigenvalue weighted by molar-refractivity contribution is 7.89. The van der Waals surface area contributed by atoms with Crippen LogP contribution in [0.1, 0.15) is 6.42 Å². The number of hydrogen-bond donors (Lipinski definition) is 0. The number of piperazine rings is 1. The summed E-state index contributed by atoms with van der Waals surface area (Å²) in [5, 5.41) is 0. The van der Waals surface area contributed by atoms with Gasteiger partial charge in [0.15, 0.2) is 0 Å². The van der Waals surface area contributed by atoms with Gasteiger partial charge >= 0.3 is 0 Å². The second-order valence-corrected chi connectivity index (χ2v) is 9.11. The third-order valence-corrected chi connectivity index (χ3v) is 7.43. The molecule has 7 nitrogen and oxygen atoms in total. The van der Waals surface area contributed by atoms with Gasteiger partial charge in [0.1, 0.15) is 0 Å². The Morgan fingerprint density at radius 2 is 1.85 bits per heavy atom. The van der Waals surface area contributed by atoms with Gasteiger partial charge in [-0.25, -0.2) is 8.42 Å². The lowest BCUT2D eigenvalue weighted by Gasteiger charge is -2.46. The number of rotatable bonds is 3. The Kier molecular flexibility index (Phi) is 4.49.